The van der Waals surface area contributed by atoms with E-state index in [-0.39, 0.29) is 29.7 Å². The van der Waals surface area contributed by atoms with E-state index in [1.807, 2.05) is 12.1 Å². The van der Waals surface area contributed by atoms with Crippen LogP contribution in [0.3, 0.4) is 0 Å². The van der Waals surface area contributed by atoms with Crippen molar-refractivity contribution in [2.24, 2.45) is 0 Å². The number of halogens is 5. The summed E-state index contributed by atoms with van der Waals surface area (Å²) in [6, 6.07) is 17.4. The maximum atomic E-state index is 13.1. The fourth-order valence-corrected chi connectivity index (χ4v) is 6.22. The zero-order chi connectivity index (χ0) is 29.1. The van der Waals surface area contributed by atoms with Crippen LogP contribution in [0.2, 0.25) is 10.0 Å². The van der Waals surface area contributed by atoms with E-state index in [1.165, 1.54) is 12.1 Å². The number of benzene rings is 3. The summed E-state index contributed by atoms with van der Waals surface area (Å²) < 4.78 is 39.3. The van der Waals surface area contributed by atoms with Crippen LogP contribution in [-0.2, 0) is 17.5 Å². The molecule has 2 aliphatic rings. The minimum Gasteiger partial charge on any atom is -0.355 e. The summed E-state index contributed by atoms with van der Waals surface area (Å²) in [5, 5.41) is 9.83. The second kappa shape index (κ2) is 12.3. The van der Waals surface area contributed by atoms with Gasteiger partial charge in [0.2, 0.25) is 5.91 Å². The molecule has 41 heavy (non-hydrogen) atoms. The Morgan fingerprint density at radius 1 is 0.927 bits per heavy atom. The second-order valence-corrected chi connectivity index (χ2v) is 11.3. The van der Waals surface area contributed by atoms with Gasteiger partial charge in [-0.1, -0.05) is 47.5 Å². The van der Waals surface area contributed by atoms with Crippen molar-refractivity contribution in [2.45, 2.75) is 56.5 Å². The Bertz CT molecular complexity index is 1420. The van der Waals surface area contributed by atoms with Gasteiger partial charge < -0.3 is 16.0 Å². The molecule has 0 aliphatic carbocycles. The first-order chi connectivity index (χ1) is 19.6. The lowest BCUT2D eigenvalue weighted by molar-refractivity contribution is -0.137. The van der Waals surface area contributed by atoms with Crippen LogP contribution in [0.4, 0.5) is 24.5 Å². The van der Waals surface area contributed by atoms with Crippen LogP contribution in [-0.4, -0.2) is 41.4 Å². The average Bonchev–Trinajstić information content (AvgIpc) is 3.15. The molecule has 3 aromatic rings. The van der Waals surface area contributed by atoms with E-state index in [9.17, 15) is 22.8 Å². The molecule has 0 saturated carbocycles. The fourth-order valence-electron chi connectivity index (χ4n) is 5.75. The molecule has 0 aromatic heterocycles. The number of fused-ring (bicyclic) bond motifs is 2. The zero-order valence-electron chi connectivity index (χ0n) is 22.0. The molecule has 2 bridgehead atoms. The van der Waals surface area contributed by atoms with Gasteiger partial charge in [0.25, 0.3) is 5.91 Å². The van der Waals surface area contributed by atoms with Crippen LogP contribution in [0.5, 0.6) is 0 Å². The van der Waals surface area contributed by atoms with Gasteiger partial charge in [0.15, 0.2) is 0 Å². The van der Waals surface area contributed by atoms with Gasteiger partial charge in [-0.3, -0.25) is 14.5 Å². The van der Waals surface area contributed by atoms with E-state index in [0.717, 1.165) is 49.9 Å². The summed E-state index contributed by atoms with van der Waals surface area (Å²) in [6.07, 6.45) is -0.762. The minimum absolute atomic E-state index is 0.00343. The molecule has 0 spiro atoms. The first kappa shape index (κ1) is 29.2. The highest BCUT2D eigenvalue weighted by Crippen LogP contribution is 2.38. The van der Waals surface area contributed by atoms with Crippen LogP contribution in [0, 0.1) is 0 Å². The molecule has 1 unspecified atom stereocenters. The first-order valence-corrected chi connectivity index (χ1v) is 14.1. The molecule has 0 radical (unpaired) electrons. The maximum Gasteiger partial charge on any atom is 0.416 e. The number of para-hydroxylation sites is 1. The van der Waals surface area contributed by atoms with Crippen LogP contribution in [0.25, 0.3) is 0 Å². The summed E-state index contributed by atoms with van der Waals surface area (Å²) in [4.78, 5) is 28.1. The summed E-state index contributed by atoms with van der Waals surface area (Å²) in [7, 11) is 0. The topological polar surface area (TPSA) is 73.5 Å². The molecule has 3 N–H and O–H groups in total. The third-order valence-electron chi connectivity index (χ3n) is 7.67. The SMILES string of the molecule is O=C(CNC(=O)c1ccccc1Nc1cccc(C(F)(F)F)c1)NC1C[C@H]2CC[C@@H](C1)N2Cc1ccc(Cl)cc1Cl. The highest BCUT2D eigenvalue weighted by molar-refractivity contribution is 6.35. The van der Waals surface area contributed by atoms with Gasteiger partial charge in [0, 0.05) is 40.4 Å². The van der Waals surface area contributed by atoms with Gasteiger partial charge >= 0.3 is 6.18 Å². The number of alkyl halides is 3. The van der Waals surface area contributed by atoms with Crippen molar-refractivity contribution >= 4 is 46.4 Å². The molecule has 3 aromatic carbocycles. The first-order valence-electron chi connectivity index (χ1n) is 13.4. The molecule has 5 rings (SSSR count). The highest BCUT2D eigenvalue weighted by atomic mass is 35.5. The van der Waals surface area contributed by atoms with Crippen LogP contribution >= 0.6 is 23.2 Å². The van der Waals surface area contributed by atoms with Crippen molar-refractivity contribution in [3.8, 4) is 0 Å². The quantitative estimate of drug-likeness (QED) is 0.264. The van der Waals surface area contributed by atoms with E-state index < -0.39 is 17.6 Å². The number of anilines is 2. The normalized spacial score (nSPS) is 20.5. The Balaban J connectivity index is 1.14. The number of piperidine rings is 1. The van der Waals surface area contributed by atoms with Gasteiger partial charge in [-0.2, -0.15) is 13.2 Å². The number of nitrogens with one attached hydrogen (secondary N) is 3. The summed E-state index contributed by atoms with van der Waals surface area (Å²) >= 11 is 12.4. The van der Waals surface area contributed by atoms with E-state index in [1.54, 1.807) is 30.3 Å². The Morgan fingerprint density at radius 2 is 1.66 bits per heavy atom. The number of hydrogen-bond acceptors (Lipinski definition) is 4. The number of carbonyl (C=O) groups is 2. The van der Waals surface area contributed by atoms with E-state index in [2.05, 4.69) is 20.9 Å². The van der Waals surface area contributed by atoms with Crippen molar-refractivity contribution in [1.29, 1.82) is 0 Å². The average molecular weight is 605 g/mol. The predicted molar refractivity (Wildman–Crippen MR) is 153 cm³/mol. The van der Waals surface area contributed by atoms with Gasteiger partial charge in [0.05, 0.1) is 23.4 Å². The summed E-state index contributed by atoms with van der Waals surface area (Å²) in [5.41, 5.74) is 0.965. The second-order valence-electron chi connectivity index (χ2n) is 10.5. The van der Waals surface area contributed by atoms with Crippen LogP contribution in [0.15, 0.2) is 66.7 Å². The Kier molecular flexibility index (Phi) is 8.77. The lowest BCUT2D eigenvalue weighted by Crippen LogP contribution is -2.51. The molecule has 2 fully saturated rings. The molecule has 6 nitrogen and oxygen atoms in total. The number of amides is 2. The predicted octanol–water partition coefficient (Wildman–Crippen LogP) is 6.80. The van der Waals surface area contributed by atoms with Crippen molar-refractivity contribution < 1.29 is 22.8 Å². The fraction of sp³-hybridized carbons (Fsp3) is 0.333. The number of rotatable bonds is 8. The lowest BCUT2D eigenvalue weighted by Gasteiger charge is -2.39. The van der Waals surface area contributed by atoms with Gasteiger partial charge in [-0.05, 0) is 73.7 Å². The Labute approximate surface area is 246 Å². The Morgan fingerprint density at radius 3 is 2.37 bits per heavy atom. The molecule has 2 aliphatic heterocycles. The van der Waals surface area contributed by atoms with Crippen LogP contribution in [0.1, 0.15) is 47.2 Å². The van der Waals surface area contributed by atoms with Crippen molar-refractivity contribution in [3.05, 3.63) is 93.5 Å². The van der Waals surface area contributed by atoms with Crippen molar-refractivity contribution in [3.63, 3.8) is 0 Å². The van der Waals surface area contributed by atoms with E-state index in [4.69, 9.17) is 23.2 Å². The van der Waals surface area contributed by atoms with E-state index in [0.29, 0.717) is 27.8 Å². The number of hydrogen-bond donors (Lipinski definition) is 3. The van der Waals surface area contributed by atoms with Crippen molar-refractivity contribution in [1.82, 2.24) is 15.5 Å². The molecular weight excluding hydrogens is 576 g/mol. The molecule has 2 saturated heterocycles. The van der Waals surface area contributed by atoms with Gasteiger partial charge in [0.1, 0.15) is 0 Å². The zero-order valence-corrected chi connectivity index (χ0v) is 23.5. The van der Waals surface area contributed by atoms with Gasteiger partial charge in [-0.15, -0.1) is 0 Å². The standard InChI is InChI=1S/C30H29Cl2F3N4O2/c31-20-9-8-18(26(32)13-20)17-39-23-10-11-24(39)15-22(14-23)38-28(40)16-36-29(41)25-6-1-2-7-27(25)37-21-5-3-4-19(12-21)30(33,34)35/h1-9,12-13,22-24,37H,10-11,14-17H2,(H,36,41)(H,38,40)/t22?,23-,24+. The summed E-state index contributed by atoms with van der Waals surface area (Å²) in [5.74, 6) is -0.801. The number of nitrogens with zero attached hydrogens (tertiary/aromatic N) is 1. The van der Waals surface area contributed by atoms with Gasteiger partial charge in [-0.25, -0.2) is 0 Å². The monoisotopic (exact) mass is 604 g/mol. The Hall–Kier alpha value is -3.27. The molecular formula is C30H29Cl2F3N4O2. The largest absolute Gasteiger partial charge is 0.416 e. The molecule has 2 heterocycles. The molecule has 216 valence electrons. The third kappa shape index (κ3) is 7.15. The van der Waals surface area contributed by atoms with Crippen molar-refractivity contribution in [2.75, 3.05) is 11.9 Å². The maximum absolute atomic E-state index is 13.1. The highest BCUT2D eigenvalue weighted by Gasteiger charge is 2.41. The van der Waals surface area contributed by atoms with E-state index >= 15 is 0 Å². The molecule has 2 amide bonds. The smallest absolute Gasteiger partial charge is 0.355 e. The summed E-state index contributed by atoms with van der Waals surface area (Å²) in [6.45, 7) is 0.517. The molecule has 3 atom stereocenters. The number of carbonyl (C=O) groups excluding carboxylic acids is 2. The van der Waals surface area contributed by atoms with Crippen LogP contribution < -0.4 is 16.0 Å². The third-order valence-corrected chi connectivity index (χ3v) is 8.25. The minimum atomic E-state index is -4.48. The molecule has 11 heteroatoms. The lowest BCUT2D eigenvalue weighted by atomic mass is 9.96.